The average Bonchev–Trinajstić information content (AvgIpc) is 3.66. The number of hydrogen-bond donors (Lipinski definition) is 4. The lowest BCUT2D eigenvalue weighted by Crippen LogP contribution is -2.37. The van der Waals surface area contributed by atoms with Gasteiger partial charge >= 0.3 is 0 Å². The first-order chi connectivity index (χ1) is 25.5. The summed E-state index contributed by atoms with van der Waals surface area (Å²) in [6.07, 6.45) is 4.06. The van der Waals surface area contributed by atoms with E-state index in [2.05, 4.69) is 20.8 Å². The van der Waals surface area contributed by atoms with E-state index < -0.39 is 43.5 Å². The smallest absolute Gasteiger partial charge is 0.256 e. The number of halogens is 2. The molecule has 0 saturated heterocycles. The van der Waals surface area contributed by atoms with Crippen molar-refractivity contribution in [3.8, 4) is 0 Å². The largest absolute Gasteiger partial charge is 0.383 e. The molecule has 54 heavy (non-hydrogen) atoms. The highest BCUT2D eigenvalue weighted by molar-refractivity contribution is 7.88. The molecule has 16 nitrogen and oxygen atoms in total. The van der Waals surface area contributed by atoms with Crippen LogP contribution < -0.4 is 22.1 Å². The molecule has 0 amide bonds. The van der Waals surface area contributed by atoms with E-state index in [1.165, 1.54) is 25.4 Å². The molecule has 6 N–H and O–H groups in total. The molecule has 6 heterocycles. The Hall–Kier alpha value is -4.92. The molecule has 0 saturated carbocycles. The number of fused-ring (bicyclic) bond motifs is 4. The highest BCUT2D eigenvalue weighted by Gasteiger charge is 2.36. The van der Waals surface area contributed by atoms with E-state index in [0.717, 1.165) is 17.2 Å². The number of carbonyl (C=O) groups is 2. The summed E-state index contributed by atoms with van der Waals surface area (Å²) in [7, 11) is -6.75. The lowest BCUT2D eigenvalue weighted by Gasteiger charge is -2.28. The van der Waals surface area contributed by atoms with E-state index in [0.29, 0.717) is 96.9 Å². The highest BCUT2D eigenvalue weighted by Crippen LogP contribution is 2.37. The first-order valence-corrected chi connectivity index (χ1v) is 21.0. The highest BCUT2D eigenvalue weighted by atomic mass is 32.2. The average molecular weight is 787 g/mol. The zero-order chi connectivity index (χ0) is 38.7. The molecule has 2 atom stereocenters. The van der Waals surface area contributed by atoms with Crippen LogP contribution in [0.2, 0.25) is 0 Å². The van der Waals surface area contributed by atoms with Crippen molar-refractivity contribution in [2.45, 2.75) is 50.6 Å². The summed E-state index contributed by atoms with van der Waals surface area (Å²) in [6, 6.07) is 9.27. The molecular weight excluding hydrogens is 747 g/mol. The van der Waals surface area contributed by atoms with Crippen LogP contribution in [0.25, 0.3) is 0 Å². The van der Waals surface area contributed by atoms with Crippen molar-refractivity contribution in [3.63, 3.8) is 0 Å². The van der Waals surface area contributed by atoms with Crippen LogP contribution in [0, 0.1) is 11.6 Å². The minimum absolute atomic E-state index is 0.0467. The molecule has 20 heteroatoms. The van der Waals surface area contributed by atoms with Crippen molar-refractivity contribution in [1.82, 2.24) is 28.2 Å². The summed E-state index contributed by atoms with van der Waals surface area (Å²) >= 11 is 0. The van der Waals surface area contributed by atoms with Gasteiger partial charge in [0, 0.05) is 37.3 Å². The monoisotopic (exact) mass is 786 g/mol. The Morgan fingerprint density at radius 1 is 0.741 bits per heavy atom. The lowest BCUT2D eigenvalue weighted by molar-refractivity contribution is 0.0845. The van der Waals surface area contributed by atoms with Gasteiger partial charge in [-0.15, -0.1) is 5.10 Å². The number of rotatable bonds is 4. The van der Waals surface area contributed by atoms with Crippen LogP contribution in [0.15, 0.2) is 36.4 Å². The Morgan fingerprint density at radius 2 is 1.24 bits per heavy atom. The van der Waals surface area contributed by atoms with Gasteiger partial charge in [-0.25, -0.2) is 30.3 Å². The van der Waals surface area contributed by atoms with E-state index in [9.17, 15) is 35.2 Å². The molecule has 8 rings (SSSR count). The van der Waals surface area contributed by atoms with Crippen molar-refractivity contribution in [1.29, 1.82) is 0 Å². The van der Waals surface area contributed by atoms with Crippen molar-refractivity contribution in [3.05, 3.63) is 81.7 Å². The van der Waals surface area contributed by atoms with Crippen molar-refractivity contribution >= 4 is 54.9 Å². The number of carbonyl (C=O) groups excluding carboxylic acids is 2. The molecule has 4 aliphatic heterocycles. The Morgan fingerprint density at radius 3 is 1.78 bits per heavy atom. The van der Waals surface area contributed by atoms with Gasteiger partial charge in [-0.2, -0.15) is 18.4 Å². The first kappa shape index (κ1) is 37.4. The van der Waals surface area contributed by atoms with Gasteiger partial charge in [0.2, 0.25) is 20.0 Å². The van der Waals surface area contributed by atoms with Gasteiger partial charge in [0.1, 0.15) is 23.3 Å². The third-order valence-corrected chi connectivity index (χ3v) is 12.9. The number of aromatic nitrogens is 4. The maximum absolute atomic E-state index is 14.1. The van der Waals surface area contributed by atoms with Crippen LogP contribution in [-0.4, -0.2) is 95.5 Å². The number of benzene rings is 2. The van der Waals surface area contributed by atoms with Gasteiger partial charge in [-0.3, -0.25) is 9.59 Å². The summed E-state index contributed by atoms with van der Waals surface area (Å²) in [5.74, 6) is -2.13. The second-order valence-corrected chi connectivity index (χ2v) is 17.7. The van der Waals surface area contributed by atoms with E-state index in [-0.39, 0.29) is 36.5 Å². The maximum atomic E-state index is 14.1. The van der Waals surface area contributed by atoms with E-state index >= 15 is 0 Å². The van der Waals surface area contributed by atoms with Crippen LogP contribution >= 0.6 is 0 Å². The third kappa shape index (κ3) is 6.82. The molecule has 0 radical (unpaired) electrons. The molecule has 4 aromatic rings. The zero-order valence-corrected chi connectivity index (χ0v) is 31.2. The molecule has 4 aliphatic rings. The Kier molecular flexibility index (Phi) is 9.73. The summed E-state index contributed by atoms with van der Waals surface area (Å²) in [5.41, 5.74) is 16.3. The fourth-order valence-corrected chi connectivity index (χ4v) is 9.13. The van der Waals surface area contributed by atoms with Crippen LogP contribution in [0.4, 0.5) is 31.8 Å². The predicted octanol–water partition coefficient (Wildman–Crippen LogP) is 2.32. The summed E-state index contributed by atoms with van der Waals surface area (Å²) in [6.45, 7) is 1.67. The minimum atomic E-state index is -3.40. The van der Waals surface area contributed by atoms with Gasteiger partial charge in [0.15, 0.2) is 0 Å². The molecule has 2 aromatic heterocycles. The van der Waals surface area contributed by atoms with Gasteiger partial charge in [-0.1, -0.05) is 24.3 Å². The lowest BCUT2D eigenvalue weighted by atomic mass is 9.90. The summed E-state index contributed by atoms with van der Waals surface area (Å²) in [5, 5.41) is 14.5. The number of sulfonamides is 2. The van der Waals surface area contributed by atoms with E-state index in [4.69, 9.17) is 11.5 Å². The normalized spacial score (nSPS) is 19.9. The number of para-hydroxylation sites is 2. The second-order valence-electron chi connectivity index (χ2n) is 13.8. The van der Waals surface area contributed by atoms with Gasteiger partial charge < -0.3 is 22.1 Å². The van der Waals surface area contributed by atoms with Crippen LogP contribution in [-0.2, 0) is 46.0 Å². The Labute approximate surface area is 310 Å². The molecule has 0 aliphatic carbocycles. The number of nitrogens with one attached hydrogen (secondary N) is 2. The first-order valence-electron chi connectivity index (χ1n) is 17.3. The Bertz CT molecular complexity index is 2400. The SMILES string of the molecule is CS(=O)(=O)N1CCc2c(N)nn(C(=O)C3CCNc4c(F)cccc43)c2C1.CS(=O)(=O)N1CCc2c(nn(C(=O)C3CCNc4c(F)cccc43)c2N)C1. The number of nitrogens with two attached hydrogens (primary N) is 2. The van der Waals surface area contributed by atoms with Gasteiger partial charge in [0.05, 0.1) is 60.2 Å². The summed E-state index contributed by atoms with van der Waals surface area (Å²) in [4.78, 5) is 26.4. The molecule has 288 valence electrons. The fourth-order valence-electron chi connectivity index (χ4n) is 7.57. The van der Waals surface area contributed by atoms with Crippen molar-refractivity contribution in [2.75, 3.05) is 60.8 Å². The third-order valence-electron chi connectivity index (χ3n) is 10.4. The second kappa shape index (κ2) is 14.1. The standard InChI is InChI=1S/2C17H20FN5O3S/c1-27(25,26)22-8-6-12-14(9-22)23(21-16(12)19)17(24)11-5-7-20-15-10(11)3-2-4-13(15)18;1-27(25,26)22-8-6-12-14(9-22)21-23(16(12)19)17(24)11-5-7-20-15-10(11)3-2-4-13(15)18/h2-4,11,20H,5-9H2,1H3,(H2,19,21);2-4,11,20H,5-9,19H2,1H3. The van der Waals surface area contributed by atoms with E-state index in [1.54, 1.807) is 24.3 Å². The van der Waals surface area contributed by atoms with E-state index in [1.807, 2.05) is 0 Å². The van der Waals surface area contributed by atoms with Gasteiger partial charge in [-0.05, 0) is 48.9 Å². The number of anilines is 4. The molecule has 0 bridgehead atoms. The predicted molar refractivity (Wildman–Crippen MR) is 197 cm³/mol. The molecule has 2 unspecified atom stereocenters. The van der Waals surface area contributed by atoms with Crippen LogP contribution in [0.5, 0.6) is 0 Å². The minimum Gasteiger partial charge on any atom is -0.383 e. The number of nitrogen functional groups attached to an aromatic ring is 2. The maximum Gasteiger partial charge on any atom is 0.256 e. The van der Waals surface area contributed by atoms with Crippen LogP contribution in [0.1, 0.15) is 67.9 Å². The number of nitrogens with zero attached hydrogens (tertiary/aromatic N) is 6. The fraction of sp³-hybridized carbons (Fsp3) is 0.412. The van der Waals surface area contributed by atoms with Crippen LogP contribution in [0.3, 0.4) is 0 Å². The Balaban J connectivity index is 0.000000167. The quantitative estimate of drug-likeness (QED) is 0.234. The number of hydrogen-bond acceptors (Lipinski definition) is 12. The topological polar surface area (TPSA) is 221 Å². The van der Waals surface area contributed by atoms with Crippen molar-refractivity contribution in [2.24, 2.45) is 0 Å². The molecular formula is C34H40F2N10O6S2. The van der Waals surface area contributed by atoms with Gasteiger partial charge in [0.25, 0.3) is 11.8 Å². The zero-order valence-electron chi connectivity index (χ0n) is 29.5. The summed E-state index contributed by atoms with van der Waals surface area (Å²) < 4.78 is 80.5. The van der Waals surface area contributed by atoms with Crippen molar-refractivity contribution < 1.29 is 35.2 Å². The molecule has 0 spiro atoms. The molecule has 0 fully saturated rings. The molecule has 2 aromatic carbocycles.